The van der Waals surface area contributed by atoms with Gasteiger partial charge in [-0.3, -0.25) is 0 Å². The average molecular weight is 248 g/mol. The van der Waals surface area contributed by atoms with E-state index in [-0.39, 0.29) is 0 Å². The van der Waals surface area contributed by atoms with E-state index in [4.69, 9.17) is 0 Å². The van der Waals surface area contributed by atoms with E-state index in [1.807, 2.05) is 0 Å². The van der Waals surface area contributed by atoms with Crippen molar-refractivity contribution in [1.29, 1.82) is 0 Å². The zero-order chi connectivity index (χ0) is 13.2. The van der Waals surface area contributed by atoms with Crippen LogP contribution in [0.25, 0.3) is 0 Å². The standard InChI is InChI=1S/C16H28N2/c1-4-13-18(6-3)14-12-17-16(5-2)15-10-8-7-9-11-15/h7-11,16-17H,4-6,12-14H2,1-3H3. The molecule has 18 heavy (non-hydrogen) atoms. The van der Waals surface area contributed by atoms with Crippen LogP contribution in [0.15, 0.2) is 30.3 Å². The van der Waals surface area contributed by atoms with Gasteiger partial charge in [-0.25, -0.2) is 0 Å². The molecule has 1 aromatic carbocycles. The highest BCUT2D eigenvalue weighted by Crippen LogP contribution is 2.15. The second-order valence-electron chi connectivity index (χ2n) is 4.76. The summed E-state index contributed by atoms with van der Waals surface area (Å²) in [5.41, 5.74) is 1.40. The van der Waals surface area contributed by atoms with Crippen molar-refractivity contribution in [3.05, 3.63) is 35.9 Å². The number of rotatable bonds is 9. The lowest BCUT2D eigenvalue weighted by molar-refractivity contribution is 0.282. The van der Waals surface area contributed by atoms with E-state index >= 15 is 0 Å². The van der Waals surface area contributed by atoms with Gasteiger partial charge in [-0.2, -0.15) is 0 Å². The molecule has 0 bridgehead atoms. The van der Waals surface area contributed by atoms with Crippen molar-refractivity contribution in [3.8, 4) is 0 Å². The molecule has 0 heterocycles. The molecule has 1 aromatic rings. The fraction of sp³-hybridized carbons (Fsp3) is 0.625. The molecule has 102 valence electrons. The fourth-order valence-electron chi connectivity index (χ4n) is 2.32. The maximum Gasteiger partial charge on any atom is 0.0318 e. The number of hydrogen-bond acceptors (Lipinski definition) is 2. The number of likely N-dealkylation sites (N-methyl/N-ethyl adjacent to an activating group) is 1. The molecule has 1 unspecified atom stereocenters. The predicted molar refractivity (Wildman–Crippen MR) is 79.9 cm³/mol. The Hall–Kier alpha value is -0.860. The largest absolute Gasteiger partial charge is 0.309 e. The maximum atomic E-state index is 3.67. The van der Waals surface area contributed by atoms with Crippen molar-refractivity contribution < 1.29 is 0 Å². The minimum absolute atomic E-state index is 0.492. The van der Waals surface area contributed by atoms with Crippen LogP contribution in [0.3, 0.4) is 0 Å². The number of nitrogens with one attached hydrogen (secondary N) is 1. The van der Waals surface area contributed by atoms with Gasteiger partial charge >= 0.3 is 0 Å². The summed E-state index contributed by atoms with van der Waals surface area (Å²) < 4.78 is 0. The van der Waals surface area contributed by atoms with Crippen LogP contribution in [0.5, 0.6) is 0 Å². The van der Waals surface area contributed by atoms with Crippen LogP contribution >= 0.6 is 0 Å². The molecule has 1 rings (SSSR count). The number of hydrogen-bond donors (Lipinski definition) is 1. The van der Waals surface area contributed by atoms with E-state index in [2.05, 4.69) is 61.3 Å². The highest BCUT2D eigenvalue weighted by Gasteiger charge is 2.08. The summed E-state index contributed by atoms with van der Waals surface area (Å²) >= 11 is 0. The van der Waals surface area contributed by atoms with E-state index < -0.39 is 0 Å². The normalized spacial score (nSPS) is 12.9. The van der Waals surface area contributed by atoms with E-state index in [0.29, 0.717) is 6.04 Å². The van der Waals surface area contributed by atoms with Crippen LogP contribution in [0.4, 0.5) is 0 Å². The average Bonchev–Trinajstić information content (AvgIpc) is 2.43. The lowest BCUT2D eigenvalue weighted by Crippen LogP contribution is -2.34. The molecular weight excluding hydrogens is 220 g/mol. The summed E-state index contributed by atoms with van der Waals surface area (Å²) in [5, 5.41) is 3.67. The van der Waals surface area contributed by atoms with Crippen LogP contribution in [0.1, 0.15) is 45.2 Å². The summed E-state index contributed by atoms with van der Waals surface area (Å²) in [4.78, 5) is 2.50. The lowest BCUT2D eigenvalue weighted by Gasteiger charge is -2.22. The molecule has 0 saturated heterocycles. The van der Waals surface area contributed by atoms with Crippen molar-refractivity contribution in [3.63, 3.8) is 0 Å². The van der Waals surface area contributed by atoms with E-state index in [1.165, 1.54) is 18.5 Å². The van der Waals surface area contributed by atoms with Crippen molar-refractivity contribution in [2.45, 2.75) is 39.7 Å². The summed E-state index contributed by atoms with van der Waals surface area (Å²) in [5.74, 6) is 0. The Morgan fingerprint density at radius 1 is 1.06 bits per heavy atom. The van der Waals surface area contributed by atoms with Crippen LogP contribution in [0, 0.1) is 0 Å². The SMILES string of the molecule is CCCN(CC)CCNC(CC)c1ccccc1. The Bertz CT molecular complexity index is 297. The fourth-order valence-corrected chi connectivity index (χ4v) is 2.32. The molecule has 0 spiro atoms. The monoisotopic (exact) mass is 248 g/mol. The molecule has 1 atom stereocenters. The van der Waals surface area contributed by atoms with Crippen LogP contribution < -0.4 is 5.32 Å². The first-order chi connectivity index (χ1) is 8.81. The quantitative estimate of drug-likeness (QED) is 0.720. The zero-order valence-corrected chi connectivity index (χ0v) is 12.2. The molecule has 0 amide bonds. The van der Waals surface area contributed by atoms with E-state index in [1.54, 1.807) is 0 Å². The topological polar surface area (TPSA) is 15.3 Å². The van der Waals surface area contributed by atoms with Gasteiger partial charge in [0.15, 0.2) is 0 Å². The number of nitrogens with zero attached hydrogens (tertiary/aromatic N) is 1. The highest BCUT2D eigenvalue weighted by atomic mass is 15.1. The van der Waals surface area contributed by atoms with E-state index in [9.17, 15) is 0 Å². The van der Waals surface area contributed by atoms with Crippen molar-refractivity contribution in [1.82, 2.24) is 10.2 Å². The van der Waals surface area contributed by atoms with Crippen molar-refractivity contribution >= 4 is 0 Å². The number of benzene rings is 1. The maximum absolute atomic E-state index is 3.67. The van der Waals surface area contributed by atoms with Gasteiger partial charge in [0, 0.05) is 19.1 Å². The second-order valence-corrected chi connectivity index (χ2v) is 4.76. The first-order valence-electron chi connectivity index (χ1n) is 7.32. The minimum atomic E-state index is 0.492. The molecule has 0 aromatic heterocycles. The molecular formula is C16H28N2. The molecule has 0 aliphatic rings. The van der Waals surface area contributed by atoms with Gasteiger partial charge in [-0.05, 0) is 31.5 Å². The Kier molecular flexibility index (Phi) is 7.70. The van der Waals surface area contributed by atoms with Crippen LogP contribution in [-0.4, -0.2) is 31.1 Å². The Balaban J connectivity index is 2.36. The minimum Gasteiger partial charge on any atom is -0.309 e. The molecule has 0 aliphatic heterocycles. The third-order valence-corrected chi connectivity index (χ3v) is 3.42. The Labute approximate surface area is 112 Å². The smallest absolute Gasteiger partial charge is 0.0318 e. The van der Waals surface area contributed by atoms with Gasteiger partial charge in [0.05, 0.1) is 0 Å². The van der Waals surface area contributed by atoms with Crippen molar-refractivity contribution in [2.75, 3.05) is 26.2 Å². The first-order valence-corrected chi connectivity index (χ1v) is 7.32. The van der Waals surface area contributed by atoms with Gasteiger partial charge in [-0.1, -0.05) is 51.1 Å². The van der Waals surface area contributed by atoms with Crippen molar-refractivity contribution in [2.24, 2.45) is 0 Å². The van der Waals surface area contributed by atoms with Gasteiger partial charge in [0.25, 0.3) is 0 Å². The van der Waals surface area contributed by atoms with Crippen LogP contribution in [-0.2, 0) is 0 Å². The molecule has 0 aliphatic carbocycles. The third-order valence-electron chi connectivity index (χ3n) is 3.42. The Morgan fingerprint density at radius 3 is 2.33 bits per heavy atom. The van der Waals surface area contributed by atoms with E-state index in [0.717, 1.165) is 26.1 Å². The lowest BCUT2D eigenvalue weighted by atomic mass is 10.0. The predicted octanol–water partition coefficient (Wildman–Crippen LogP) is 3.46. The van der Waals surface area contributed by atoms with Gasteiger partial charge in [0.1, 0.15) is 0 Å². The summed E-state index contributed by atoms with van der Waals surface area (Å²) in [7, 11) is 0. The highest BCUT2D eigenvalue weighted by molar-refractivity contribution is 5.18. The second kappa shape index (κ2) is 9.12. The Morgan fingerprint density at radius 2 is 1.78 bits per heavy atom. The van der Waals surface area contributed by atoms with Gasteiger partial charge in [-0.15, -0.1) is 0 Å². The third kappa shape index (κ3) is 5.19. The van der Waals surface area contributed by atoms with Crippen LogP contribution in [0.2, 0.25) is 0 Å². The molecule has 0 radical (unpaired) electrons. The summed E-state index contributed by atoms with van der Waals surface area (Å²) in [6.07, 6.45) is 2.38. The molecule has 0 saturated carbocycles. The molecule has 2 nitrogen and oxygen atoms in total. The van der Waals surface area contributed by atoms with Gasteiger partial charge < -0.3 is 10.2 Å². The zero-order valence-electron chi connectivity index (χ0n) is 12.2. The summed E-state index contributed by atoms with van der Waals surface area (Å²) in [6, 6.07) is 11.2. The molecule has 2 heteroatoms. The molecule has 1 N–H and O–H groups in total. The van der Waals surface area contributed by atoms with Gasteiger partial charge in [0.2, 0.25) is 0 Å². The molecule has 0 fully saturated rings. The summed E-state index contributed by atoms with van der Waals surface area (Å²) in [6.45, 7) is 11.3. The first kappa shape index (κ1) is 15.2.